The molecule has 7 rings (SSSR count). The molecule has 61 heavy (non-hydrogen) atoms. The minimum atomic E-state index is -3.20. The number of nitrogens with one attached hydrogen (secondary N) is 2. The van der Waals surface area contributed by atoms with Gasteiger partial charge < -0.3 is 34.4 Å². The van der Waals surface area contributed by atoms with Crippen molar-refractivity contribution in [2.24, 2.45) is 0 Å². The van der Waals surface area contributed by atoms with Gasteiger partial charge in [-0.15, -0.1) is 11.3 Å². The van der Waals surface area contributed by atoms with Crippen LogP contribution in [-0.4, -0.2) is 142 Å². The van der Waals surface area contributed by atoms with Crippen molar-refractivity contribution in [3.63, 3.8) is 0 Å². The van der Waals surface area contributed by atoms with Gasteiger partial charge in [0.15, 0.2) is 6.29 Å². The number of alkyl halides is 2. The molecule has 1 aromatic heterocycles. The number of carbonyl (C=O) groups is 5. The molecule has 2 aromatic carbocycles. The highest BCUT2D eigenvalue weighted by Crippen LogP contribution is 2.40. The van der Waals surface area contributed by atoms with E-state index in [0.717, 1.165) is 28.2 Å². The maximum Gasteiger partial charge on any atom is 0.280 e. The maximum absolute atomic E-state index is 15.9. The van der Waals surface area contributed by atoms with Crippen LogP contribution in [0.25, 0.3) is 5.57 Å². The summed E-state index contributed by atoms with van der Waals surface area (Å²) in [5, 5.41) is 4.93. The fraction of sp³-hybridized carbons (Fsp3) is 0.477. The second-order valence-electron chi connectivity index (χ2n) is 16.6. The Morgan fingerprint density at radius 3 is 2.30 bits per heavy atom. The summed E-state index contributed by atoms with van der Waals surface area (Å²) in [6, 6.07) is 8.71. The minimum Gasteiger partial charge on any atom is -0.496 e. The standard InChI is InChI=1S/C44H53F2N7O7S/c1-49(2)22-32(27-17-35(59-5)33(23-50(3)4)36(18-27)60-6)40-28(24-54)19-37(61-40)42(57)47-38-13-16-52(25-44(38,45)46)29-11-14-51(15-12-29)30-8-7-26-21-53(43(58)31(26)20-30)34-9-10-39(55)48-41(34)56/h7-8,17-20,22,24,29,34,38H,9-16,21,23,25H2,1-6H3,(H,47,57)(H,48,55,56)/b32-22-. The quantitative estimate of drug-likeness (QED) is 0.186. The molecule has 3 saturated heterocycles. The van der Waals surface area contributed by atoms with E-state index in [2.05, 4.69) is 15.5 Å². The summed E-state index contributed by atoms with van der Waals surface area (Å²) in [6.45, 7) is 1.97. The number of nitrogens with zero attached hydrogens (tertiary/aromatic N) is 5. The Hall–Kier alpha value is -5.39. The minimum absolute atomic E-state index is 0.0546. The van der Waals surface area contributed by atoms with Gasteiger partial charge >= 0.3 is 0 Å². The van der Waals surface area contributed by atoms with Crippen LogP contribution in [0.1, 0.15) is 84.1 Å². The van der Waals surface area contributed by atoms with Crippen molar-refractivity contribution in [1.82, 2.24) is 30.2 Å². The maximum atomic E-state index is 15.9. The highest BCUT2D eigenvalue weighted by molar-refractivity contribution is 7.15. The molecule has 4 aliphatic rings. The molecule has 0 saturated carbocycles. The predicted octanol–water partition coefficient (Wildman–Crippen LogP) is 4.46. The van der Waals surface area contributed by atoms with Crippen molar-refractivity contribution >= 4 is 52.5 Å². The van der Waals surface area contributed by atoms with Crippen LogP contribution in [0, 0.1) is 0 Å². The first-order valence-electron chi connectivity index (χ1n) is 20.4. The zero-order valence-electron chi connectivity index (χ0n) is 35.4. The topological polar surface area (TPSA) is 144 Å². The second kappa shape index (κ2) is 17.9. The van der Waals surface area contributed by atoms with E-state index in [1.54, 1.807) is 14.2 Å². The Kier molecular flexibility index (Phi) is 12.8. The number of hydrogen-bond acceptors (Lipinski definition) is 12. The molecule has 4 amide bonds. The molecule has 0 radical (unpaired) electrons. The van der Waals surface area contributed by atoms with Crippen LogP contribution in [0.3, 0.4) is 0 Å². The monoisotopic (exact) mass is 861 g/mol. The molecule has 3 aromatic rings. The lowest BCUT2D eigenvalue weighted by Gasteiger charge is -2.45. The van der Waals surface area contributed by atoms with Crippen LogP contribution in [0.2, 0.25) is 0 Å². The molecule has 326 valence electrons. The van der Waals surface area contributed by atoms with Gasteiger partial charge in [0.2, 0.25) is 11.8 Å². The van der Waals surface area contributed by atoms with E-state index in [1.807, 2.05) is 79.4 Å². The number of imide groups is 1. The van der Waals surface area contributed by atoms with E-state index in [-0.39, 0.29) is 41.1 Å². The number of amides is 4. The largest absolute Gasteiger partial charge is 0.496 e. The van der Waals surface area contributed by atoms with Gasteiger partial charge in [0.25, 0.3) is 17.7 Å². The van der Waals surface area contributed by atoms with Gasteiger partial charge in [-0.25, -0.2) is 8.78 Å². The van der Waals surface area contributed by atoms with Crippen LogP contribution in [0.4, 0.5) is 14.5 Å². The van der Waals surface area contributed by atoms with Gasteiger partial charge in [-0.05, 0) is 81.2 Å². The van der Waals surface area contributed by atoms with Crippen LogP contribution >= 0.6 is 11.3 Å². The second-order valence-corrected chi connectivity index (χ2v) is 17.7. The van der Waals surface area contributed by atoms with E-state index in [4.69, 9.17) is 9.47 Å². The molecule has 4 aliphatic heterocycles. The number of anilines is 1. The van der Waals surface area contributed by atoms with Crippen LogP contribution < -0.4 is 25.0 Å². The van der Waals surface area contributed by atoms with E-state index >= 15 is 8.78 Å². The molecular formula is C44H53F2N7O7S. The van der Waals surface area contributed by atoms with Crippen molar-refractivity contribution in [3.05, 3.63) is 80.2 Å². The van der Waals surface area contributed by atoms with Gasteiger partial charge in [0, 0.05) is 92.7 Å². The number of rotatable bonds is 13. The summed E-state index contributed by atoms with van der Waals surface area (Å²) in [5.41, 5.74) is 4.64. The average Bonchev–Trinajstić information content (AvgIpc) is 3.81. The van der Waals surface area contributed by atoms with Crippen molar-refractivity contribution in [2.75, 3.05) is 73.5 Å². The molecule has 2 atom stereocenters. The number of carbonyl (C=O) groups excluding carboxylic acids is 5. The zero-order chi connectivity index (χ0) is 43.7. The lowest BCUT2D eigenvalue weighted by molar-refractivity contribution is -0.136. The first kappa shape index (κ1) is 43.7. The molecule has 2 unspecified atom stereocenters. The summed E-state index contributed by atoms with van der Waals surface area (Å²) in [4.78, 5) is 73.6. The average molecular weight is 862 g/mol. The highest BCUT2D eigenvalue weighted by atomic mass is 32.1. The number of halogens is 2. The smallest absolute Gasteiger partial charge is 0.280 e. The van der Waals surface area contributed by atoms with E-state index < -0.39 is 36.4 Å². The van der Waals surface area contributed by atoms with Gasteiger partial charge in [-0.3, -0.25) is 34.2 Å². The highest BCUT2D eigenvalue weighted by Gasteiger charge is 2.47. The van der Waals surface area contributed by atoms with E-state index in [1.165, 1.54) is 11.0 Å². The fourth-order valence-electron chi connectivity index (χ4n) is 8.86. The van der Waals surface area contributed by atoms with Gasteiger partial charge in [0.05, 0.1) is 37.2 Å². The first-order chi connectivity index (χ1) is 29.1. The fourth-order valence-corrected chi connectivity index (χ4v) is 9.93. The molecule has 5 heterocycles. The number of thiophene rings is 1. The van der Waals surface area contributed by atoms with Crippen molar-refractivity contribution in [3.8, 4) is 11.5 Å². The van der Waals surface area contributed by atoms with Crippen LogP contribution in [0.15, 0.2) is 42.6 Å². The molecule has 0 aliphatic carbocycles. The summed E-state index contributed by atoms with van der Waals surface area (Å²) in [6.07, 6.45) is 4.33. The summed E-state index contributed by atoms with van der Waals surface area (Å²) in [5.74, 6) is -3.72. The number of ether oxygens (including phenoxy) is 2. The number of fused-ring (bicyclic) bond motifs is 1. The normalized spacial score (nSPS) is 21.1. The Bertz CT molecular complexity index is 2210. The third kappa shape index (κ3) is 9.14. The zero-order valence-corrected chi connectivity index (χ0v) is 36.2. The lowest BCUT2D eigenvalue weighted by atomic mass is 9.95. The van der Waals surface area contributed by atoms with Crippen molar-refractivity contribution < 1.29 is 42.2 Å². The Balaban J connectivity index is 0.986. The number of aldehydes is 1. The SMILES string of the molecule is COc1cc(/C(=C/N(C)C)c2sc(C(=O)NC3CCN(C4CCN(c5ccc6c(c5)C(=O)N(C5CCC(=O)NC5=O)C6)CC4)CC3(F)F)cc2C=O)cc(OC)c1CN(C)C. The van der Waals surface area contributed by atoms with Gasteiger partial charge in [-0.2, -0.15) is 0 Å². The first-order valence-corrected chi connectivity index (χ1v) is 21.2. The number of piperidine rings is 3. The Morgan fingerprint density at radius 1 is 0.984 bits per heavy atom. The molecule has 17 heteroatoms. The summed E-state index contributed by atoms with van der Waals surface area (Å²) < 4.78 is 43.4. The molecule has 0 bridgehead atoms. The number of benzene rings is 2. The Labute approximate surface area is 358 Å². The summed E-state index contributed by atoms with van der Waals surface area (Å²) in [7, 11) is 10.7. The van der Waals surface area contributed by atoms with Crippen molar-refractivity contribution in [2.45, 2.75) is 69.2 Å². The Morgan fingerprint density at radius 2 is 1.69 bits per heavy atom. The molecule has 0 spiro atoms. The molecule has 2 N–H and O–H groups in total. The number of hydrogen-bond donors (Lipinski definition) is 2. The van der Waals surface area contributed by atoms with Gasteiger partial charge in [-0.1, -0.05) is 6.07 Å². The number of likely N-dealkylation sites (tertiary alicyclic amines) is 1. The molecular weight excluding hydrogens is 809 g/mol. The molecule has 3 fully saturated rings. The van der Waals surface area contributed by atoms with E-state index in [0.29, 0.717) is 91.3 Å². The third-order valence-corrected chi connectivity index (χ3v) is 13.1. The van der Waals surface area contributed by atoms with E-state index in [9.17, 15) is 24.0 Å². The van der Waals surface area contributed by atoms with Crippen molar-refractivity contribution in [1.29, 1.82) is 0 Å². The lowest BCUT2D eigenvalue weighted by Crippen LogP contribution is -2.61. The number of methoxy groups -OCH3 is 2. The van der Waals surface area contributed by atoms with Gasteiger partial charge in [0.1, 0.15) is 17.5 Å². The molecule has 14 nitrogen and oxygen atoms in total. The van der Waals surface area contributed by atoms with Crippen LogP contribution in [0.5, 0.6) is 11.5 Å². The third-order valence-electron chi connectivity index (χ3n) is 11.9. The predicted molar refractivity (Wildman–Crippen MR) is 228 cm³/mol. The summed E-state index contributed by atoms with van der Waals surface area (Å²) >= 11 is 1.07. The van der Waals surface area contributed by atoms with Crippen LogP contribution in [-0.2, 0) is 22.7 Å².